The molecule has 0 spiro atoms. The molecule has 0 heterocycles. The maximum Gasteiger partial charge on any atom is 0.129 e. The topological polar surface area (TPSA) is 66.8 Å². The summed E-state index contributed by atoms with van der Waals surface area (Å²) in [6.45, 7) is 8.72. The van der Waals surface area contributed by atoms with Gasteiger partial charge in [0.05, 0.1) is 18.3 Å². The van der Waals surface area contributed by atoms with Crippen LogP contribution < -0.4 is 0 Å². The van der Waals surface area contributed by atoms with Gasteiger partial charge in [-0.1, -0.05) is 20.8 Å². The third-order valence-electron chi connectivity index (χ3n) is 10.8. The largest absolute Gasteiger partial charge is 0.393 e. The van der Waals surface area contributed by atoms with Gasteiger partial charge in [-0.15, -0.1) is 0 Å². The van der Waals surface area contributed by atoms with Crippen LogP contribution in [0.4, 0.5) is 0 Å². The monoisotopic (exact) mass is 420 g/mol. The van der Waals surface area contributed by atoms with Gasteiger partial charge in [0.2, 0.25) is 0 Å². The molecule has 0 amide bonds. The molecule has 30 heavy (non-hydrogen) atoms. The van der Waals surface area contributed by atoms with Crippen molar-refractivity contribution < 1.29 is 19.7 Å². The maximum absolute atomic E-state index is 11.6. The second-order valence-electron chi connectivity index (χ2n) is 11.9. The minimum Gasteiger partial charge on any atom is -0.393 e. The fourth-order valence-electron chi connectivity index (χ4n) is 8.96. The number of carbonyl (C=O) groups excluding carboxylic acids is 1. The van der Waals surface area contributed by atoms with Crippen molar-refractivity contribution in [3.63, 3.8) is 0 Å². The number of rotatable bonds is 5. The Labute approximate surface area is 183 Å². The first kappa shape index (κ1) is 22.7. The van der Waals surface area contributed by atoms with E-state index in [0.717, 1.165) is 51.4 Å². The highest BCUT2D eigenvalue weighted by Crippen LogP contribution is 2.68. The Morgan fingerprint density at radius 3 is 2.50 bits per heavy atom. The summed E-state index contributed by atoms with van der Waals surface area (Å²) >= 11 is 0. The van der Waals surface area contributed by atoms with Gasteiger partial charge in [-0.2, -0.15) is 0 Å². The highest BCUT2D eigenvalue weighted by Gasteiger charge is 2.65. The van der Waals surface area contributed by atoms with Crippen LogP contribution in [-0.2, 0) is 9.53 Å². The molecule has 0 aliphatic heterocycles. The molecule has 4 aliphatic rings. The molecule has 11 atom stereocenters. The molecule has 4 saturated carbocycles. The van der Waals surface area contributed by atoms with E-state index in [-0.39, 0.29) is 28.8 Å². The Balaban J connectivity index is 1.59. The van der Waals surface area contributed by atoms with E-state index in [4.69, 9.17) is 4.74 Å². The lowest BCUT2D eigenvalue weighted by atomic mass is 9.43. The predicted molar refractivity (Wildman–Crippen MR) is 118 cm³/mol. The second kappa shape index (κ2) is 8.15. The highest BCUT2D eigenvalue weighted by molar-refractivity contribution is 5.75. The zero-order valence-electron chi connectivity index (χ0n) is 19.8. The smallest absolute Gasteiger partial charge is 0.129 e. The molecule has 4 heteroatoms. The molecule has 0 saturated heterocycles. The van der Waals surface area contributed by atoms with Gasteiger partial charge in [0.25, 0.3) is 0 Å². The van der Waals surface area contributed by atoms with Gasteiger partial charge >= 0.3 is 0 Å². The van der Waals surface area contributed by atoms with Crippen LogP contribution in [0.15, 0.2) is 0 Å². The van der Waals surface area contributed by atoms with E-state index >= 15 is 0 Å². The minimum atomic E-state index is -0.307. The zero-order chi connectivity index (χ0) is 21.8. The maximum atomic E-state index is 11.6. The van der Waals surface area contributed by atoms with Crippen LogP contribution in [-0.4, -0.2) is 41.4 Å². The van der Waals surface area contributed by atoms with Gasteiger partial charge in [0.1, 0.15) is 5.78 Å². The summed E-state index contributed by atoms with van der Waals surface area (Å²) in [6.07, 6.45) is 8.59. The van der Waals surface area contributed by atoms with Gasteiger partial charge in [0.15, 0.2) is 0 Å². The number of aliphatic hydroxyl groups is 2. The lowest BCUT2D eigenvalue weighted by Gasteiger charge is -2.63. The molecule has 2 N–H and O–H groups in total. The molecule has 172 valence electrons. The summed E-state index contributed by atoms with van der Waals surface area (Å²) < 4.78 is 5.69. The third-order valence-corrected chi connectivity index (χ3v) is 10.8. The Morgan fingerprint density at radius 1 is 1.10 bits per heavy atom. The zero-order valence-corrected chi connectivity index (χ0v) is 19.8. The number of hydrogen-bond acceptors (Lipinski definition) is 4. The van der Waals surface area contributed by atoms with Crippen molar-refractivity contribution in [1.82, 2.24) is 0 Å². The molecular formula is C26H44O4. The molecule has 0 radical (unpaired) electrons. The molecular weight excluding hydrogens is 376 g/mol. The molecule has 0 aromatic heterocycles. The van der Waals surface area contributed by atoms with Gasteiger partial charge in [-0.3, -0.25) is 0 Å². The van der Waals surface area contributed by atoms with Crippen LogP contribution in [0.3, 0.4) is 0 Å². The summed E-state index contributed by atoms with van der Waals surface area (Å²) in [5.74, 6) is 2.75. The SMILES string of the molecule is COC1CC[C@@]2(C)C(C1)CC(O)C1C2CC(O)[C@@]2(C)C1CC[C@@H]2[C@H](C)CCC(C)=O. The Kier molecular flexibility index (Phi) is 6.18. The fourth-order valence-corrected chi connectivity index (χ4v) is 8.96. The normalized spacial score (nSPS) is 51.6. The summed E-state index contributed by atoms with van der Waals surface area (Å²) in [5.41, 5.74) is 0.0743. The van der Waals surface area contributed by atoms with E-state index in [9.17, 15) is 15.0 Å². The van der Waals surface area contributed by atoms with Crippen LogP contribution in [0.5, 0.6) is 0 Å². The first-order valence-corrected chi connectivity index (χ1v) is 12.5. The molecule has 0 aromatic carbocycles. The fraction of sp³-hybridized carbons (Fsp3) is 0.962. The highest BCUT2D eigenvalue weighted by atomic mass is 16.5. The quantitative estimate of drug-likeness (QED) is 0.682. The minimum absolute atomic E-state index is 0.134. The Bertz CT molecular complexity index is 649. The van der Waals surface area contributed by atoms with Crippen molar-refractivity contribution in [3.05, 3.63) is 0 Å². The van der Waals surface area contributed by atoms with E-state index < -0.39 is 0 Å². The summed E-state index contributed by atoms with van der Waals surface area (Å²) in [7, 11) is 1.82. The molecule has 4 fully saturated rings. The molecule has 4 rings (SSSR count). The number of fused-ring (bicyclic) bond motifs is 5. The number of aliphatic hydroxyl groups excluding tert-OH is 2. The second-order valence-corrected chi connectivity index (χ2v) is 11.9. The molecule has 0 aromatic rings. The number of carbonyl (C=O) groups is 1. The lowest BCUT2D eigenvalue weighted by Crippen LogP contribution is -2.62. The lowest BCUT2D eigenvalue weighted by molar-refractivity contribution is -0.208. The average Bonchev–Trinajstić information content (AvgIpc) is 3.05. The van der Waals surface area contributed by atoms with Gasteiger partial charge in [0, 0.05) is 13.5 Å². The third kappa shape index (κ3) is 3.40. The van der Waals surface area contributed by atoms with Crippen LogP contribution in [0, 0.1) is 46.3 Å². The van der Waals surface area contributed by atoms with Crippen molar-refractivity contribution >= 4 is 5.78 Å². The Morgan fingerprint density at radius 2 is 1.83 bits per heavy atom. The molecule has 4 nitrogen and oxygen atoms in total. The van der Waals surface area contributed by atoms with Crippen molar-refractivity contribution in [2.24, 2.45) is 46.3 Å². The van der Waals surface area contributed by atoms with E-state index in [1.807, 2.05) is 7.11 Å². The number of ketones is 1. The van der Waals surface area contributed by atoms with Gasteiger partial charge in [-0.05, 0) is 105 Å². The molecule has 4 aliphatic carbocycles. The van der Waals surface area contributed by atoms with Gasteiger partial charge < -0.3 is 19.7 Å². The average molecular weight is 421 g/mol. The van der Waals surface area contributed by atoms with Gasteiger partial charge in [-0.25, -0.2) is 0 Å². The van der Waals surface area contributed by atoms with Crippen LogP contribution in [0.2, 0.25) is 0 Å². The van der Waals surface area contributed by atoms with E-state index in [2.05, 4.69) is 20.8 Å². The predicted octanol–water partition coefficient (Wildman–Crippen LogP) is 4.61. The van der Waals surface area contributed by atoms with Crippen molar-refractivity contribution in [2.45, 2.75) is 104 Å². The summed E-state index contributed by atoms with van der Waals surface area (Å²) in [6, 6.07) is 0. The van der Waals surface area contributed by atoms with E-state index in [1.165, 1.54) is 0 Å². The van der Waals surface area contributed by atoms with Crippen molar-refractivity contribution in [2.75, 3.05) is 7.11 Å². The number of ether oxygens (including phenoxy) is 1. The van der Waals surface area contributed by atoms with Crippen LogP contribution >= 0.6 is 0 Å². The number of methoxy groups -OCH3 is 1. The first-order chi connectivity index (χ1) is 14.1. The van der Waals surface area contributed by atoms with E-state index in [1.54, 1.807) is 6.92 Å². The van der Waals surface area contributed by atoms with Crippen molar-refractivity contribution in [3.8, 4) is 0 Å². The van der Waals surface area contributed by atoms with Crippen LogP contribution in [0.25, 0.3) is 0 Å². The number of Topliss-reactive ketones (excluding diaryl/α,β-unsaturated/α-hetero) is 1. The summed E-state index contributed by atoms with van der Waals surface area (Å²) in [5, 5.41) is 23.0. The number of hydrogen-bond donors (Lipinski definition) is 2. The van der Waals surface area contributed by atoms with Crippen LogP contribution in [0.1, 0.15) is 85.5 Å². The Hall–Kier alpha value is -0.450. The van der Waals surface area contributed by atoms with E-state index in [0.29, 0.717) is 48.0 Å². The standard InChI is InChI=1S/C26H44O4/c1-15(6-7-16(2)27)19-8-9-20-24-21(14-23(29)26(19,20)4)25(3)11-10-18(30-5)12-17(25)13-22(24)28/h15,17-24,28-29H,6-14H2,1-5H3/t15-,17?,18?,19-,20?,21?,22?,23?,24?,25+,26-/m1/s1. The molecule has 7 unspecified atom stereocenters. The molecule has 0 bridgehead atoms. The summed E-state index contributed by atoms with van der Waals surface area (Å²) in [4.78, 5) is 11.5. The van der Waals surface area contributed by atoms with Crippen molar-refractivity contribution in [1.29, 1.82) is 0 Å². The first-order valence-electron chi connectivity index (χ1n) is 12.5.